The lowest BCUT2D eigenvalue weighted by atomic mass is 9.67. The van der Waals surface area contributed by atoms with E-state index in [0.717, 1.165) is 17.1 Å². The second-order valence-electron chi connectivity index (χ2n) is 5.88. The fourth-order valence-corrected chi connectivity index (χ4v) is 5.72. The Morgan fingerprint density at radius 2 is 2.06 bits per heavy atom. The summed E-state index contributed by atoms with van der Waals surface area (Å²) in [5.74, 6) is 3.13. The van der Waals surface area contributed by atoms with Crippen LogP contribution in [0.3, 0.4) is 0 Å². The molecule has 0 aromatic carbocycles. The van der Waals surface area contributed by atoms with Gasteiger partial charge in [0, 0.05) is 5.25 Å². The van der Waals surface area contributed by atoms with Crippen molar-refractivity contribution in [3.05, 3.63) is 34.9 Å². The molecule has 1 heteroatoms. The van der Waals surface area contributed by atoms with Gasteiger partial charge in [0.05, 0.1) is 0 Å². The van der Waals surface area contributed by atoms with Crippen LogP contribution >= 0.6 is 11.8 Å². The van der Waals surface area contributed by atoms with E-state index >= 15 is 0 Å². The lowest BCUT2D eigenvalue weighted by molar-refractivity contribution is 0.379. The zero-order chi connectivity index (χ0) is 11.2. The van der Waals surface area contributed by atoms with Crippen LogP contribution in [0.1, 0.15) is 38.5 Å². The normalized spacial score (nSPS) is 39.5. The zero-order valence-corrected chi connectivity index (χ0v) is 11.1. The average molecular weight is 244 g/mol. The Hall–Kier alpha value is -0.430. The Morgan fingerprint density at radius 3 is 3.06 bits per heavy atom. The first-order valence-electron chi connectivity index (χ1n) is 7.16. The van der Waals surface area contributed by atoms with Gasteiger partial charge < -0.3 is 0 Å². The maximum Gasteiger partial charge on any atom is 0.0328 e. The third-order valence-corrected chi connectivity index (χ3v) is 6.45. The molecule has 4 aliphatic rings. The van der Waals surface area contributed by atoms with Crippen LogP contribution < -0.4 is 0 Å². The molecule has 1 saturated carbocycles. The summed E-state index contributed by atoms with van der Waals surface area (Å²) < 4.78 is 0. The summed E-state index contributed by atoms with van der Waals surface area (Å²) >= 11 is 2.22. The number of rotatable bonds is 0. The van der Waals surface area contributed by atoms with Crippen molar-refractivity contribution in [1.82, 2.24) is 0 Å². The molecule has 0 nitrogen and oxygen atoms in total. The highest BCUT2D eigenvalue weighted by atomic mass is 32.2. The lowest BCUT2D eigenvalue weighted by Gasteiger charge is -2.40. The van der Waals surface area contributed by atoms with Gasteiger partial charge in [0.2, 0.25) is 0 Å². The van der Waals surface area contributed by atoms with Crippen molar-refractivity contribution in [3.63, 3.8) is 0 Å². The molecule has 0 spiro atoms. The molecule has 17 heavy (non-hydrogen) atoms. The highest BCUT2D eigenvalue weighted by Gasteiger charge is 2.39. The minimum Gasteiger partial charge on any atom is -0.153 e. The first kappa shape index (κ1) is 10.5. The number of hydrogen-bond acceptors (Lipinski definition) is 1. The van der Waals surface area contributed by atoms with Gasteiger partial charge in [-0.15, -0.1) is 0 Å². The minimum atomic E-state index is 0.846. The molecule has 0 aromatic rings. The molecular formula is C16H20S. The van der Waals surface area contributed by atoms with E-state index in [1.54, 1.807) is 16.7 Å². The van der Waals surface area contributed by atoms with E-state index < -0.39 is 0 Å². The van der Waals surface area contributed by atoms with E-state index in [1.165, 1.54) is 44.3 Å². The van der Waals surface area contributed by atoms with Gasteiger partial charge in [0.1, 0.15) is 0 Å². The summed E-state index contributed by atoms with van der Waals surface area (Å²) in [6, 6.07) is 0. The fourth-order valence-electron chi connectivity index (χ4n) is 4.18. The molecule has 3 aliphatic carbocycles. The molecule has 3 atom stereocenters. The smallest absolute Gasteiger partial charge is 0.0328 e. The average Bonchev–Trinajstić information content (AvgIpc) is 2.86. The van der Waals surface area contributed by atoms with Crippen molar-refractivity contribution in [2.24, 2.45) is 11.8 Å². The summed E-state index contributed by atoms with van der Waals surface area (Å²) in [6.07, 6.45) is 15.9. The van der Waals surface area contributed by atoms with Crippen molar-refractivity contribution in [3.8, 4) is 0 Å². The number of fused-ring (bicyclic) bond motifs is 5. The minimum absolute atomic E-state index is 0.846. The van der Waals surface area contributed by atoms with E-state index in [9.17, 15) is 0 Å². The van der Waals surface area contributed by atoms with E-state index in [-0.39, 0.29) is 0 Å². The molecule has 90 valence electrons. The third-order valence-electron chi connectivity index (χ3n) is 5.02. The van der Waals surface area contributed by atoms with Gasteiger partial charge in [-0.3, -0.25) is 0 Å². The summed E-state index contributed by atoms with van der Waals surface area (Å²) in [4.78, 5) is 0. The lowest BCUT2D eigenvalue weighted by Crippen LogP contribution is -2.30. The van der Waals surface area contributed by atoms with Crippen LogP contribution in [0.25, 0.3) is 0 Å². The molecule has 0 N–H and O–H groups in total. The van der Waals surface area contributed by atoms with Gasteiger partial charge in [-0.1, -0.05) is 23.8 Å². The van der Waals surface area contributed by atoms with Gasteiger partial charge in [0.25, 0.3) is 0 Å². The topological polar surface area (TPSA) is 0 Å². The molecule has 1 heterocycles. The van der Waals surface area contributed by atoms with Gasteiger partial charge in [0.15, 0.2) is 0 Å². The quantitative estimate of drug-likeness (QED) is 0.605. The van der Waals surface area contributed by atoms with Gasteiger partial charge >= 0.3 is 0 Å². The van der Waals surface area contributed by atoms with Gasteiger partial charge in [-0.05, 0) is 67.3 Å². The van der Waals surface area contributed by atoms with E-state index in [2.05, 4.69) is 30.0 Å². The van der Waals surface area contributed by atoms with Crippen molar-refractivity contribution in [2.75, 3.05) is 5.75 Å². The second-order valence-corrected chi connectivity index (χ2v) is 7.13. The SMILES string of the molecule is C1=C2C3=CC=C4CCSC4C3CCC2CCC1. The maximum atomic E-state index is 2.56. The predicted molar refractivity (Wildman–Crippen MR) is 75.2 cm³/mol. The molecule has 0 amide bonds. The van der Waals surface area contributed by atoms with Crippen LogP contribution in [0, 0.1) is 11.8 Å². The first-order valence-corrected chi connectivity index (χ1v) is 8.21. The van der Waals surface area contributed by atoms with Crippen molar-refractivity contribution < 1.29 is 0 Å². The van der Waals surface area contributed by atoms with Crippen LogP contribution in [-0.2, 0) is 0 Å². The van der Waals surface area contributed by atoms with Gasteiger partial charge in [-0.25, -0.2) is 0 Å². The largest absolute Gasteiger partial charge is 0.153 e. The Labute approximate surface area is 108 Å². The maximum absolute atomic E-state index is 2.56. The summed E-state index contributed by atoms with van der Waals surface area (Å²) in [6.45, 7) is 0. The van der Waals surface area contributed by atoms with Crippen LogP contribution in [0.4, 0.5) is 0 Å². The van der Waals surface area contributed by atoms with Crippen molar-refractivity contribution in [2.45, 2.75) is 43.8 Å². The standard InChI is InChI=1S/C16H20S/c1-2-4-13-11(3-1)5-8-15-14(13)7-6-12-9-10-17-16(12)15/h4,6-7,11,15-16H,1-3,5,8-10H2. The van der Waals surface area contributed by atoms with E-state index in [0.29, 0.717) is 0 Å². The molecule has 1 aliphatic heterocycles. The highest BCUT2D eigenvalue weighted by molar-refractivity contribution is 8.00. The van der Waals surface area contributed by atoms with Gasteiger partial charge in [-0.2, -0.15) is 11.8 Å². The molecule has 0 bridgehead atoms. The third kappa shape index (κ3) is 1.58. The van der Waals surface area contributed by atoms with Crippen LogP contribution in [-0.4, -0.2) is 11.0 Å². The zero-order valence-electron chi connectivity index (χ0n) is 10.3. The van der Waals surface area contributed by atoms with Crippen molar-refractivity contribution >= 4 is 11.8 Å². The Bertz CT molecular complexity index is 427. The molecule has 3 unspecified atom stereocenters. The monoisotopic (exact) mass is 244 g/mol. The molecule has 4 rings (SSSR count). The van der Waals surface area contributed by atoms with Crippen LogP contribution in [0.2, 0.25) is 0 Å². The Morgan fingerprint density at radius 1 is 1.06 bits per heavy atom. The molecule has 2 fully saturated rings. The molecule has 0 aromatic heterocycles. The fraction of sp³-hybridized carbons (Fsp3) is 0.625. The molecule has 1 saturated heterocycles. The van der Waals surface area contributed by atoms with Crippen LogP contribution in [0.15, 0.2) is 34.9 Å². The number of thioether (sulfide) groups is 1. The van der Waals surface area contributed by atoms with Crippen molar-refractivity contribution in [1.29, 1.82) is 0 Å². The summed E-state index contributed by atoms with van der Waals surface area (Å²) in [7, 11) is 0. The highest BCUT2D eigenvalue weighted by Crippen LogP contribution is 2.51. The van der Waals surface area contributed by atoms with E-state index in [4.69, 9.17) is 0 Å². The summed E-state index contributed by atoms with van der Waals surface area (Å²) in [5.41, 5.74) is 5.21. The van der Waals surface area contributed by atoms with E-state index in [1.807, 2.05) is 0 Å². The number of hydrogen-bond donors (Lipinski definition) is 0. The van der Waals surface area contributed by atoms with Crippen LogP contribution in [0.5, 0.6) is 0 Å². The second kappa shape index (κ2) is 4.05. The molecular weight excluding hydrogens is 224 g/mol. The Kier molecular flexibility index (Phi) is 2.50. The first-order chi connectivity index (χ1) is 8.43. The number of allylic oxidation sites excluding steroid dienone is 5. The Balaban J connectivity index is 1.74. The predicted octanol–water partition coefficient (Wildman–Crippen LogP) is 4.49. The summed E-state index contributed by atoms with van der Waals surface area (Å²) in [5, 5.41) is 0.846. The molecule has 0 radical (unpaired) electrons.